The molecule has 10 nitrogen and oxygen atoms in total. The normalized spacial score (nSPS) is 14.7. The number of carboxylic acid groups (broad SMARTS) is 1. The summed E-state index contributed by atoms with van der Waals surface area (Å²) in [4.78, 5) is 48.3. The molecule has 12 heteroatoms. The number of hydrogen-bond acceptors (Lipinski definition) is 6. The topological polar surface area (TPSA) is 137 Å². The molecule has 0 aliphatic heterocycles. The third-order valence-electron chi connectivity index (χ3n) is 6.94. The van der Waals surface area contributed by atoms with E-state index in [9.17, 15) is 19.5 Å². The highest BCUT2D eigenvalue weighted by Gasteiger charge is 2.28. The standard InChI is InChI=1S/C29H26Cl2N6O4/c1-37(28-32-14-17-7-3-5-9-20(17)35-28)23-13-11-19(30)24(25(23)31)26(38)34-22(27(39)40)15-33-29(41)36-21-12-10-16-6-2-4-8-18(16)21/h2-9,11,13-14,21-22H,10,12,15H2,1H3,(H,34,38)(H,39,40)(H2,33,36,41)/t21-,22?/m1/s1. The minimum absolute atomic E-state index is 0.0102. The second kappa shape index (κ2) is 12.0. The van der Waals surface area contributed by atoms with E-state index in [0.717, 1.165) is 29.3 Å². The maximum Gasteiger partial charge on any atom is 0.328 e. The van der Waals surface area contributed by atoms with Crippen molar-refractivity contribution in [3.63, 3.8) is 0 Å². The number of fused-ring (bicyclic) bond motifs is 2. The zero-order valence-corrected chi connectivity index (χ0v) is 23.4. The molecule has 3 aromatic carbocycles. The maximum atomic E-state index is 13.2. The minimum Gasteiger partial charge on any atom is -0.480 e. The van der Waals surface area contributed by atoms with E-state index in [4.69, 9.17) is 23.2 Å². The van der Waals surface area contributed by atoms with Crippen molar-refractivity contribution in [2.75, 3.05) is 18.5 Å². The Bertz CT molecular complexity index is 1650. The van der Waals surface area contributed by atoms with Crippen molar-refractivity contribution in [2.45, 2.75) is 24.9 Å². The van der Waals surface area contributed by atoms with Gasteiger partial charge < -0.3 is 26.0 Å². The number of aromatic nitrogens is 2. The Morgan fingerprint density at radius 1 is 1.07 bits per heavy atom. The van der Waals surface area contributed by atoms with Crippen LogP contribution in [0.5, 0.6) is 0 Å². The van der Waals surface area contributed by atoms with E-state index in [1.54, 1.807) is 24.2 Å². The second-order valence-electron chi connectivity index (χ2n) is 9.55. The molecular formula is C29H26Cl2N6O4. The van der Waals surface area contributed by atoms with Crippen molar-refractivity contribution >= 4 is 63.6 Å². The van der Waals surface area contributed by atoms with E-state index in [1.807, 2.05) is 48.5 Å². The van der Waals surface area contributed by atoms with Crippen LogP contribution in [0.2, 0.25) is 10.0 Å². The Hall–Kier alpha value is -4.41. The summed E-state index contributed by atoms with van der Waals surface area (Å²) in [5, 5.41) is 18.4. The fraction of sp³-hybridized carbons (Fsp3) is 0.207. The van der Waals surface area contributed by atoms with Gasteiger partial charge in [-0.25, -0.2) is 19.6 Å². The molecule has 0 radical (unpaired) electrons. The van der Waals surface area contributed by atoms with Crippen molar-refractivity contribution in [2.24, 2.45) is 0 Å². The molecule has 0 fully saturated rings. The second-order valence-corrected chi connectivity index (χ2v) is 10.3. The van der Waals surface area contributed by atoms with E-state index in [-0.39, 0.29) is 28.2 Å². The summed E-state index contributed by atoms with van der Waals surface area (Å²) in [5.41, 5.74) is 3.20. The summed E-state index contributed by atoms with van der Waals surface area (Å²) >= 11 is 13.0. The molecular weight excluding hydrogens is 567 g/mol. The van der Waals surface area contributed by atoms with Crippen LogP contribution in [-0.4, -0.2) is 52.6 Å². The Morgan fingerprint density at radius 2 is 1.83 bits per heavy atom. The third kappa shape index (κ3) is 6.03. The van der Waals surface area contributed by atoms with Crippen LogP contribution in [-0.2, 0) is 11.2 Å². The molecule has 3 amide bonds. The lowest BCUT2D eigenvalue weighted by Crippen LogP contribution is -2.50. The van der Waals surface area contributed by atoms with Crippen LogP contribution in [0.3, 0.4) is 0 Å². The monoisotopic (exact) mass is 592 g/mol. The number of nitrogens with zero attached hydrogens (tertiary/aromatic N) is 3. The first-order valence-electron chi connectivity index (χ1n) is 12.8. The largest absolute Gasteiger partial charge is 0.480 e. The van der Waals surface area contributed by atoms with Gasteiger partial charge >= 0.3 is 12.0 Å². The summed E-state index contributed by atoms with van der Waals surface area (Å²) in [6, 6.07) is 16.3. The van der Waals surface area contributed by atoms with Crippen LogP contribution in [0.25, 0.3) is 10.9 Å². The number of carbonyl (C=O) groups is 3. The predicted octanol–water partition coefficient (Wildman–Crippen LogP) is 4.87. The number of urea groups is 1. The number of hydrogen-bond donors (Lipinski definition) is 4. The van der Waals surface area contributed by atoms with Crippen LogP contribution in [0.1, 0.15) is 33.9 Å². The molecule has 1 aromatic heterocycles. The average molecular weight is 593 g/mol. The molecule has 1 unspecified atom stereocenters. The fourth-order valence-corrected chi connectivity index (χ4v) is 5.45. The first-order valence-corrected chi connectivity index (χ1v) is 13.6. The van der Waals surface area contributed by atoms with Crippen molar-refractivity contribution in [1.82, 2.24) is 25.9 Å². The van der Waals surface area contributed by atoms with Gasteiger partial charge in [-0.2, -0.15) is 0 Å². The minimum atomic E-state index is -1.44. The van der Waals surface area contributed by atoms with Gasteiger partial charge in [-0.05, 0) is 42.2 Å². The molecule has 210 valence electrons. The molecule has 1 aliphatic carbocycles. The number of nitrogens with one attached hydrogen (secondary N) is 3. The summed E-state index contributed by atoms with van der Waals surface area (Å²) in [7, 11) is 1.69. The summed E-state index contributed by atoms with van der Waals surface area (Å²) in [5.74, 6) is -1.81. The number of rotatable bonds is 8. The zero-order valence-electron chi connectivity index (χ0n) is 21.9. The van der Waals surface area contributed by atoms with Crippen LogP contribution >= 0.6 is 23.2 Å². The SMILES string of the molecule is CN(c1ncc2ccccc2n1)c1ccc(Cl)c(C(=O)NC(CNC(=O)N[C@@H]2CCc3ccccc32)C(=O)O)c1Cl. The number of anilines is 2. The fourth-order valence-electron chi connectivity index (χ4n) is 4.78. The van der Waals surface area contributed by atoms with E-state index in [2.05, 4.69) is 25.9 Å². The smallest absolute Gasteiger partial charge is 0.328 e. The lowest BCUT2D eigenvalue weighted by atomic mass is 10.1. The van der Waals surface area contributed by atoms with Gasteiger partial charge in [-0.3, -0.25) is 4.79 Å². The Labute approximate surface area is 245 Å². The van der Waals surface area contributed by atoms with Crippen molar-refractivity contribution in [3.8, 4) is 0 Å². The highest BCUT2D eigenvalue weighted by Crippen LogP contribution is 2.36. The molecule has 1 heterocycles. The van der Waals surface area contributed by atoms with E-state index in [0.29, 0.717) is 11.6 Å². The number of aryl methyl sites for hydroxylation is 1. The summed E-state index contributed by atoms with van der Waals surface area (Å²) in [6.45, 7) is -0.360. The predicted molar refractivity (Wildman–Crippen MR) is 157 cm³/mol. The molecule has 4 N–H and O–H groups in total. The highest BCUT2D eigenvalue weighted by molar-refractivity contribution is 6.41. The molecule has 5 rings (SSSR count). The van der Waals surface area contributed by atoms with E-state index >= 15 is 0 Å². The molecule has 4 aromatic rings. The zero-order chi connectivity index (χ0) is 29.1. The van der Waals surface area contributed by atoms with Crippen LogP contribution in [0.15, 0.2) is 66.9 Å². The van der Waals surface area contributed by atoms with Gasteiger partial charge in [0.05, 0.1) is 39.4 Å². The Morgan fingerprint density at radius 3 is 2.63 bits per heavy atom. The van der Waals surface area contributed by atoms with Gasteiger partial charge in [0, 0.05) is 18.6 Å². The maximum absolute atomic E-state index is 13.2. The number of para-hydroxylation sites is 1. The molecule has 0 saturated heterocycles. The van der Waals surface area contributed by atoms with Gasteiger partial charge in [0.1, 0.15) is 6.04 Å². The number of carbonyl (C=O) groups excluding carboxylic acids is 2. The molecule has 2 atom stereocenters. The first-order chi connectivity index (χ1) is 19.7. The van der Waals surface area contributed by atoms with E-state index in [1.165, 1.54) is 11.6 Å². The lowest BCUT2D eigenvalue weighted by Gasteiger charge is -2.22. The van der Waals surface area contributed by atoms with Crippen molar-refractivity contribution in [3.05, 3.63) is 93.6 Å². The van der Waals surface area contributed by atoms with Crippen LogP contribution in [0.4, 0.5) is 16.4 Å². The van der Waals surface area contributed by atoms with Crippen LogP contribution in [0, 0.1) is 0 Å². The number of carboxylic acids is 1. The molecule has 41 heavy (non-hydrogen) atoms. The molecule has 1 aliphatic rings. The van der Waals surface area contributed by atoms with Crippen molar-refractivity contribution < 1.29 is 19.5 Å². The van der Waals surface area contributed by atoms with Gasteiger partial charge in [-0.1, -0.05) is 65.7 Å². The Balaban J connectivity index is 1.28. The number of halogens is 2. The molecule has 0 spiro atoms. The van der Waals surface area contributed by atoms with Gasteiger partial charge in [0.25, 0.3) is 5.91 Å². The van der Waals surface area contributed by atoms with Crippen LogP contribution < -0.4 is 20.9 Å². The van der Waals surface area contributed by atoms with Gasteiger partial charge in [0.2, 0.25) is 5.95 Å². The molecule has 0 bridgehead atoms. The summed E-state index contributed by atoms with van der Waals surface area (Å²) in [6.07, 6.45) is 3.27. The summed E-state index contributed by atoms with van der Waals surface area (Å²) < 4.78 is 0. The van der Waals surface area contributed by atoms with Crippen molar-refractivity contribution in [1.29, 1.82) is 0 Å². The number of amides is 3. The quantitative estimate of drug-likeness (QED) is 0.229. The van der Waals surface area contributed by atoms with Gasteiger partial charge in [0.15, 0.2) is 0 Å². The first kappa shape index (κ1) is 28.1. The lowest BCUT2D eigenvalue weighted by molar-refractivity contribution is -0.139. The van der Waals surface area contributed by atoms with Gasteiger partial charge in [-0.15, -0.1) is 0 Å². The Kier molecular flexibility index (Phi) is 8.23. The molecule has 0 saturated carbocycles. The van der Waals surface area contributed by atoms with E-state index < -0.39 is 23.9 Å². The highest BCUT2D eigenvalue weighted by atomic mass is 35.5. The number of benzene rings is 3. The number of aliphatic carboxylic acids is 1. The average Bonchev–Trinajstić information content (AvgIpc) is 3.37. The third-order valence-corrected chi connectivity index (χ3v) is 7.64.